The maximum absolute atomic E-state index is 12.3. The third-order valence-electron chi connectivity index (χ3n) is 4.87. The average Bonchev–Trinajstić information content (AvgIpc) is 3.24. The van der Waals surface area contributed by atoms with Crippen LogP contribution < -0.4 is 0 Å². The molecule has 2 aromatic rings. The average molecular weight is 424 g/mol. The number of hydrogen-bond acceptors (Lipinski definition) is 7. The number of amides is 1. The highest BCUT2D eigenvalue weighted by Crippen LogP contribution is 2.27. The maximum atomic E-state index is 12.3. The van der Waals surface area contributed by atoms with Gasteiger partial charge in [0.25, 0.3) is 5.22 Å². The third-order valence-corrected chi connectivity index (χ3v) is 7.43. The van der Waals surface area contributed by atoms with E-state index in [1.807, 2.05) is 24.3 Å². The lowest BCUT2D eigenvalue weighted by atomic mass is 9.87. The van der Waals surface area contributed by atoms with Crippen molar-refractivity contribution >= 4 is 27.5 Å². The summed E-state index contributed by atoms with van der Waals surface area (Å²) in [4.78, 5) is 13.9. The summed E-state index contributed by atoms with van der Waals surface area (Å²) in [6, 6.07) is 7.73. The van der Waals surface area contributed by atoms with E-state index in [4.69, 9.17) is 4.42 Å². The molecule has 2 heterocycles. The Bertz CT molecular complexity index is 946. The molecule has 0 saturated carbocycles. The second kappa shape index (κ2) is 7.87. The van der Waals surface area contributed by atoms with Crippen LogP contribution in [0.15, 0.2) is 33.9 Å². The molecule has 0 bridgehead atoms. The largest absolute Gasteiger partial charge is 0.411 e. The van der Waals surface area contributed by atoms with E-state index in [-0.39, 0.29) is 34.6 Å². The molecule has 1 aliphatic heterocycles. The zero-order chi connectivity index (χ0) is 20.5. The molecular weight excluding hydrogens is 398 g/mol. The molecule has 28 heavy (non-hydrogen) atoms. The number of rotatable bonds is 5. The van der Waals surface area contributed by atoms with Gasteiger partial charge in [0.15, 0.2) is 9.84 Å². The molecule has 7 nitrogen and oxygen atoms in total. The Balaban J connectivity index is 1.58. The van der Waals surface area contributed by atoms with Gasteiger partial charge in [0.2, 0.25) is 11.8 Å². The Hall–Kier alpha value is -1.87. The van der Waals surface area contributed by atoms with Crippen LogP contribution in [0.25, 0.3) is 11.5 Å². The van der Waals surface area contributed by atoms with Gasteiger partial charge in [0.1, 0.15) is 0 Å². The van der Waals surface area contributed by atoms with E-state index in [2.05, 4.69) is 31.0 Å². The number of sulfone groups is 1. The predicted molar refractivity (Wildman–Crippen MR) is 109 cm³/mol. The molecule has 152 valence electrons. The van der Waals surface area contributed by atoms with Crippen LogP contribution in [0.2, 0.25) is 0 Å². The van der Waals surface area contributed by atoms with E-state index in [0.29, 0.717) is 17.5 Å². The van der Waals surface area contributed by atoms with Gasteiger partial charge < -0.3 is 9.32 Å². The van der Waals surface area contributed by atoms with E-state index in [1.165, 1.54) is 10.5 Å². The molecule has 1 amide bonds. The Morgan fingerprint density at radius 1 is 1.25 bits per heavy atom. The normalized spacial score (nSPS) is 18.9. The van der Waals surface area contributed by atoms with Crippen LogP contribution >= 0.6 is 11.8 Å². The van der Waals surface area contributed by atoms with Gasteiger partial charge in [-0.2, -0.15) is 0 Å². The molecule has 0 radical (unpaired) electrons. The van der Waals surface area contributed by atoms with Gasteiger partial charge in [0.05, 0.1) is 17.3 Å². The SMILES string of the molecule is CN(C(=O)CSc1nnc(-c2ccc(C(C)(C)C)cc2)o1)[C@@H]1CCS(=O)(=O)C1. The number of thioether (sulfide) groups is 1. The molecular formula is C19H25N3O4S2. The highest BCUT2D eigenvalue weighted by atomic mass is 32.2. The molecule has 3 rings (SSSR count). The summed E-state index contributed by atoms with van der Waals surface area (Å²) in [5.41, 5.74) is 2.11. The van der Waals surface area contributed by atoms with Crippen LogP contribution in [-0.2, 0) is 20.0 Å². The number of benzene rings is 1. The minimum absolute atomic E-state index is 0.0369. The van der Waals surface area contributed by atoms with Gasteiger partial charge in [-0.1, -0.05) is 44.7 Å². The van der Waals surface area contributed by atoms with Crippen molar-refractivity contribution in [2.45, 2.75) is 43.9 Å². The topological polar surface area (TPSA) is 93.4 Å². The quantitative estimate of drug-likeness (QED) is 0.683. The Labute approximate surface area is 169 Å². The Morgan fingerprint density at radius 2 is 1.93 bits per heavy atom. The van der Waals surface area contributed by atoms with Crippen LogP contribution in [0.5, 0.6) is 0 Å². The summed E-state index contributed by atoms with van der Waals surface area (Å²) in [5.74, 6) is 0.558. The van der Waals surface area contributed by atoms with Gasteiger partial charge in [-0.3, -0.25) is 4.79 Å². The van der Waals surface area contributed by atoms with Crippen molar-refractivity contribution in [1.82, 2.24) is 15.1 Å². The van der Waals surface area contributed by atoms with Crippen LogP contribution in [0, 0.1) is 0 Å². The molecule has 1 saturated heterocycles. The Kier molecular flexibility index (Phi) is 5.86. The van der Waals surface area contributed by atoms with Crippen molar-refractivity contribution in [1.29, 1.82) is 0 Å². The fraction of sp³-hybridized carbons (Fsp3) is 0.526. The van der Waals surface area contributed by atoms with Crippen LogP contribution in [0.3, 0.4) is 0 Å². The minimum Gasteiger partial charge on any atom is -0.411 e. The molecule has 0 spiro atoms. The monoisotopic (exact) mass is 423 g/mol. The zero-order valence-corrected chi connectivity index (χ0v) is 18.1. The standard InChI is InChI=1S/C19H25N3O4S2/c1-19(2,3)14-7-5-13(6-8-14)17-20-21-18(26-17)27-11-16(23)22(4)15-9-10-28(24,25)12-15/h5-8,15H,9-12H2,1-4H3/t15-/m1/s1. The first-order chi connectivity index (χ1) is 13.0. The van der Waals surface area contributed by atoms with Crippen molar-refractivity contribution in [2.24, 2.45) is 0 Å². The van der Waals surface area contributed by atoms with Crippen LogP contribution in [0.1, 0.15) is 32.8 Å². The summed E-state index contributed by atoms with van der Waals surface area (Å²) >= 11 is 1.16. The summed E-state index contributed by atoms with van der Waals surface area (Å²) in [7, 11) is -1.38. The third kappa shape index (κ3) is 4.94. The summed E-state index contributed by atoms with van der Waals surface area (Å²) in [6.07, 6.45) is 0.491. The van der Waals surface area contributed by atoms with E-state index >= 15 is 0 Å². The molecule has 9 heteroatoms. The van der Waals surface area contributed by atoms with Crippen molar-refractivity contribution in [3.8, 4) is 11.5 Å². The van der Waals surface area contributed by atoms with Crippen molar-refractivity contribution < 1.29 is 17.6 Å². The van der Waals surface area contributed by atoms with Crippen molar-refractivity contribution in [3.63, 3.8) is 0 Å². The van der Waals surface area contributed by atoms with E-state index in [1.54, 1.807) is 7.05 Å². The van der Waals surface area contributed by atoms with E-state index in [0.717, 1.165) is 17.3 Å². The molecule has 1 aromatic heterocycles. The van der Waals surface area contributed by atoms with E-state index in [9.17, 15) is 13.2 Å². The van der Waals surface area contributed by atoms with E-state index < -0.39 is 9.84 Å². The zero-order valence-electron chi connectivity index (χ0n) is 16.5. The summed E-state index contributed by atoms with van der Waals surface area (Å²) in [6.45, 7) is 6.45. The molecule has 0 unspecified atom stereocenters. The number of nitrogens with zero attached hydrogens (tertiary/aromatic N) is 3. The fourth-order valence-corrected chi connectivity index (χ4v) is 5.47. The predicted octanol–water partition coefficient (Wildman–Crippen LogP) is 2.77. The minimum atomic E-state index is -3.02. The van der Waals surface area contributed by atoms with Gasteiger partial charge >= 0.3 is 0 Å². The number of carbonyl (C=O) groups is 1. The number of aromatic nitrogens is 2. The highest BCUT2D eigenvalue weighted by Gasteiger charge is 2.32. The van der Waals surface area contributed by atoms with Crippen LogP contribution in [-0.4, -0.2) is 59.8 Å². The second-order valence-corrected chi connectivity index (χ2v) is 11.2. The first-order valence-corrected chi connectivity index (χ1v) is 11.9. The first-order valence-electron chi connectivity index (χ1n) is 9.08. The van der Waals surface area contributed by atoms with Gasteiger partial charge in [-0.05, 0) is 29.5 Å². The van der Waals surface area contributed by atoms with Gasteiger partial charge in [-0.15, -0.1) is 10.2 Å². The smallest absolute Gasteiger partial charge is 0.277 e. The molecule has 1 atom stereocenters. The van der Waals surface area contributed by atoms with Crippen molar-refractivity contribution in [2.75, 3.05) is 24.3 Å². The highest BCUT2D eigenvalue weighted by molar-refractivity contribution is 7.99. The van der Waals surface area contributed by atoms with Crippen LogP contribution in [0.4, 0.5) is 0 Å². The number of hydrogen-bond donors (Lipinski definition) is 0. The first kappa shape index (κ1) is 20.9. The molecule has 0 N–H and O–H groups in total. The summed E-state index contributed by atoms with van der Waals surface area (Å²) < 4.78 is 28.8. The van der Waals surface area contributed by atoms with Gasteiger partial charge in [0, 0.05) is 18.7 Å². The molecule has 1 aromatic carbocycles. The molecule has 1 aliphatic rings. The lowest BCUT2D eigenvalue weighted by Gasteiger charge is -2.22. The molecule has 1 fully saturated rings. The molecule has 0 aliphatic carbocycles. The van der Waals surface area contributed by atoms with Gasteiger partial charge in [-0.25, -0.2) is 8.42 Å². The second-order valence-electron chi connectivity index (χ2n) is 8.05. The number of carbonyl (C=O) groups excluding carboxylic acids is 1. The van der Waals surface area contributed by atoms with Crippen molar-refractivity contribution in [3.05, 3.63) is 29.8 Å². The summed E-state index contributed by atoms with van der Waals surface area (Å²) in [5, 5.41) is 8.37. The lowest BCUT2D eigenvalue weighted by Crippen LogP contribution is -2.38. The maximum Gasteiger partial charge on any atom is 0.277 e. The lowest BCUT2D eigenvalue weighted by molar-refractivity contribution is -0.128. The fourth-order valence-electron chi connectivity index (χ4n) is 3.01. The Morgan fingerprint density at radius 3 is 2.50 bits per heavy atom.